The molecule has 1 N–H and O–H groups in total. The van der Waals surface area contributed by atoms with E-state index in [2.05, 4.69) is 5.32 Å². The van der Waals surface area contributed by atoms with Gasteiger partial charge in [0.1, 0.15) is 0 Å². The van der Waals surface area contributed by atoms with Crippen LogP contribution >= 0.6 is 11.6 Å². The van der Waals surface area contributed by atoms with Gasteiger partial charge in [-0.25, -0.2) is 0 Å². The molecular weight excluding hydrogens is 260 g/mol. The third-order valence-electron chi connectivity index (χ3n) is 4.30. The maximum absolute atomic E-state index is 12.3. The van der Waals surface area contributed by atoms with Crippen molar-refractivity contribution >= 4 is 17.5 Å². The summed E-state index contributed by atoms with van der Waals surface area (Å²) >= 11 is 5.95. The number of nitrogens with zero attached hydrogens (tertiary/aromatic N) is 1. The second-order valence-electron chi connectivity index (χ2n) is 5.61. The fraction of sp³-hybridized carbons (Fsp3) is 0.533. The van der Waals surface area contributed by atoms with E-state index in [0.29, 0.717) is 17.4 Å². The highest BCUT2D eigenvalue weighted by molar-refractivity contribution is 6.30. The van der Waals surface area contributed by atoms with E-state index < -0.39 is 0 Å². The maximum atomic E-state index is 12.3. The molecule has 1 aromatic carbocycles. The van der Waals surface area contributed by atoms with Gasteiger partial charge in [0.05, 0.1) is 6.42 Å². The van der Waals surface area contributed by atoms with E-state index in [9.17, 15) is 4.79 Å². The van der Waals surface area contributed by atoms with Crippen molar-refractivity contribution in [1.29, 1.82) is 0 Å². The summed E-state index contributed by atoms with van der Waals surface area (Å²) < 4.78 is 0. The molecule has 19 heavy (non-hydrogen) atoms. The number of carbonyl (C=O) groups is 1. The molecule has 0 saturated carbocycles. The van der Waals surface area contributed by atoms with Gasteiger partial charge in [-0.2, -0.15) is 0 Å². The number of hydrogen-bond donors (Lipinski definition) is 1. The maximum Gasteiger partial charge on any atom is 0.227 e. The van der Waals surface area contributed by atoms with Crippen molar-refractivity contribution < 1.29 is 4.79 Å². The number of carbonyl (C=O) groups excluding carboxylic acids is 1. The van der Waals surface area contributed by atoms with Crippen LogP contribution in [0, 0.1) is 11.8 Å². The molecular formula is C15H19ClN2O. The summed E-state index contributed by atoms with van der Waals surface area (Å²) in [5.41, 5.74) is 1.00. The number of nitrogens with one attached hydrogen (secondary N) is 1. The Kier molecular flexibility index (Phi) is 3.76. The number of fused-ring (bicyclic) bond motifs is 1. The van der Waals surface area contributed by atoms with E-state index in [1.54, 1.807) is 0 Å². The highest BCUT2D eigenvalue weighted by atomic mass is 35.5. The van der Waals surface area contributed by atoms with Crippen LogP contribution in [0.25, 0.3) is 0 Å². The van der Waals surface area contributed by atoms with Crippen LogP contribution in [0.2, 0.25) is 5.02 Å². The number of hydrogen-bond acceptors (Lipinski definition) is 2. The molecule has 4 heteroatoms. The van der Waals surface area contributed by atoms with Gasteiger partial charge in [0.2, 0.25) is 5.91 Å². The first-order valence-electron chi connectivity index (χ1n) is 6.95. The molecule has 2 aliphatic rings. The summed E-state index contributed by atoms with van der Waals surface area (Å²) in [5, 5.41) is 4.12. The molecule has 1 amide bonds. The van der Waals surface area contributed by atoms with Crippen LogP contribution in [0.3, 0.4) is 0 Å². The predicted octanol–water partition coefficient (Wildman–Crippen LogP) is 1.95. The Morgan fingerprint density at radius 1 is 1.37 bits per heavy atom. The monoisotopic (exact) mass is 278 g/mol. The third kappa shape index (κ3) is 2.93. The minimum atomic E-state index is 0.229. The van der Waals surface area contributed by atoms with Crippen LogP contribution in [0.1, 0.15) is 12.0 Å². The molecule has 2 aliphatic heterocycles. The first-order chi connectivity index (χ1) is 9.22. The molecule has 0 spiro atoms. The Labute approximate surface area is 118 Å². The van der Waals surface area contributed by atoms with Crippen molar-refractivity contribution in [2.24, 2.45) is 11.8 Å². The fourth-order valence-electron chi connectivity index (χ4n) is 3.19. The molecule has 0 aromatic heterocycles. The van der Waals surface area contributed by atoms with E-state index in [0.717, 1.165) is 44.1 Å². The molecule has 0 radical (unpaired) electrons. The molecule has 102 valence electrons. The van der Waals surface area contributed by atoms with Crippen molar-refractivity contribution in [3.05, 3.63) is 34.9 Å². The number of amides is 1. The van der Waals surface area contributed by atoms with Crippen LogP contribution in [0.15, 0.2) is 24.3 Å². The zero-order valence-electron chi connectivity index (χ0n) is 10.9. The quantitative estimate of drug-likeness (QED) is 0.897. The molecule has 2 saturated heterocycles. The first kappa shape index (κ1) is 12.9. The van der Waals surface area contributed by atoms with Gasteiger partial charge in [-0.15, -0.1) is 0 Å². The van der Waals surface area contributed by atoms with Gasteiger partial charge in [-0.3, -0.25) is 4.79 Å². The Bertz CT molecular complexity index is 477. The predicted molar refractivity (Wildman–Crippen MR) is 76.2 cm³/mol. The van der Waals surface area contributed by atoms with E-state index >= 15 is 0 Å². The zero-order valence-corrected chi connectivity index (χ0v) is 11.7. The Hall–Kier alpha value is -1.06. The van der Waals surface area contributed by atoms with E-state index in [4.69, 9.17) is 11.6 Å². The number of likely N-dealkylation sites (tertiary alicyclic amines) is 1. The van der Waals surface area contributed by atoms with Gasteiger partial charge in [-0.1, -0.05) is 23.7 Å². The molecule has 0 bridgehead atoms. The van der Waals surface area contributed by atoms with Crippen LogP contribution in [-0.4, -0.2) is 37.0 Å². The fourth-order valence-corrected chi connectivity index (χ4v) is 3.41. The smallest absolute Gasteiger partial charge is 0.227 e. The van der Waals surface area contributed by atoms with E-state index in [1.807, 2.05) is 29.2 Å². The number of piperidine rings is 1. The first-order valence-corrected chi connectivity index (χ1v) is 7.33. The lowest BCUT2D eigenvalue weighted by atomic mass is 9.88. The second kappa shape index (κ2) is 5.51. The molecule has 2 atom stereocenters. The SMILES string of the molecule is O=C(Cc1cccc(Cl)c1)N1CCC2CNCC2C1. The lowest BCUT2D eigenvalue weighted by molar-refractivity contribution is -0.132. The molecule has 2 heterocycles. The van der Waals surface area contributed by atoms with E-state index in [-0.39, 0.29) is 5.91 Å². The van der Waals surface area contributed by atoms with Crippen LogP contribution < -0.4 is 5.32 Å². The number of halogens is 1. The number of rotatable bonds is 2. The highest BCUT2D eigenvalue weighted by Gasteiger charge is 2.34. The van der Waals surface area contributed by atoms with Crippen LogP contribution in [-0.2, 0) is 11.2 Å². The lowest BCUT2D eigenvalue weighted by Gasteiger charge is -2.34. The summed E-state index contributed by atoms with van der Waals surface area (Å²) in [6.07, 6.45) is 1.60. The van der Waals surface area contributed by atoms with Gasteiger partial charge in [-0.05, 0) is 49.0 Å². The summed E-state index contributed by atoms with van der Waals surface area (Å²) in [5.74, 6) is 1.65. The topological polar surface area (TPSA) is 32.3 Å². The second-order valence-corrected chi connectivity index (χ2v) is 6.05. The summed E-state index contributed by atoms with van der Waals surface area (Å²) in [4.78, 5) is 14.4. The summed E-state index contributed by atoms with van der Waals surface area (Å²) in [6.45, 7) is 4.01. The van der Waals surface area contributed by atoms with Gasteiger partial charge >= 0.3 is 0 Å². The molecule has 0 aliphatic carbocycles. The minimum Gasteiger partial charge on any atom is -0.342 e. The van der Waals surface area contributed by atoms with Gasteiger partial charge in [0.15, 0.2) is 0 Å². The molecule has 3 nitrogen and oxygen atoms in total. The average molecular weight is 279 g/mol. The van der Waals surface area contributed by atoms with E-state index in [1.165, 1.54) is 0 Å². The van der Waals surface area contributed by atoms with Gasteiger partial charge in [0.25, 0.3) is 0 Å². The van der Waals surface area contributed by atoms with Gasteiger partial charge < -0.3 is 10.2 Å². The number of benzene rings is 1. The molecule has 2 unspecified atom stereocenters. The van der Waals surface area contributed by atoms with Crippen molar-refractivity contribution in [3.8, 4) is 0 Å². The normalized spacial score (nSPS) is 26.3. The van der Waals surface area contributed by atoms with Gasteiger partial charge in [0, 0.05) is 18.1 Å². The molecule has 2 fully saturated rings. The minimum absolute atomic E-state index is 0.229. The van der Waals surface area contributed by atoms with Crippen LogP contribution in [0.5, 0.6) is 0 Å². The molecule has 3 rings (SSSR count). The third-order valence-corrected chi connectivity index (χ3v) is 4.54. The molecule has 1 aromatic rings. The lowest BCUT2D eigenvalue weighted by Crippen LogP contribution is -2.44. The summed E-state index contributed by atoms with van der Waals surface area (Å²) in [7, 11) is 0. The van der Waals surface area contributed by atoms with Crippen LogP contribution in [0.4, 0.5) is 0 Å². The largest absolute Gasteiger partial charge is 0.342 e. The Balaban J connectivity index is 1.61. The zero-order chi connectivity index (χ0) is 13.2. The van der Waals surface area contributed by atoms with Crippen molar-refractivity contribution in [1.82, 2.24) is 10.2 Å². The Morgan fingerprint density at radius 2 is 2.21 bits per heavy atom. The standard InChI is InChI=1S/C15H19ClN2O/c16-14-3-1-2-11(6-14)7-15(19)18-5-4-12-8-17-9-13(12)10-18/h1-3,6,12-13,17H,4-5,7-10H2. The summed E-state index contributed by atoms with van der Waals surface area (Å²) in [6, 6.07) is 7.58. The van der Waals surface area contributed by atoms with Crippen molar-refractivity contribution in [2.75, 3.05) is 26.2 Å². The van der Waals surface area contributed by atoms with Crippen molar-refractivity contribution in [2.45, 2.75) is 12.8 Å². The van der Waals surface area contributed by atoms with Crippen molar-refractivity contribution in [3.63, 3.8) is 0 Å². The average Bonchev–Trinajstić information content (AvgIpc) is 2.85. The Morgan fingerprint density at radius 3 is 3.05 bits per heavy atom. The highest BCUT2D eigenvalue weighted by Crippen LogP contribution is 2.26.